The first-order valence-electron chi connectivity index (χ1n) is 7.14. The predicted octanol–water partition coefficient (Wildman–Crippen LogP) is 1.85. The van der Waals surface area contributed by atoms with Gasteiger partial charge in [0.1, 0.15) is 5.84 Å². The van der Waals surface area contributed by atoms with Gasteiger partial charge < -0.3 is 15.4 Å². The molecule has 0 radical (unpaired) electrons. The van der Waals surface area contributed by atoms with Crippen LogP contribution in [0.3, 0.4) is 0 Å². The molecular formula is C14H24N4OS. The van der Waals surface area contributed by atoms with E-state index in [1.54, 1.807) is 7.11 Å². The standard InChI is InChI=1S/C14H24N4OS/c1-10-4-3-6-18(8-10)7-5-12-17-11(9-19-2)13(20-12)14(15)16/h10H,3-9H2,1-2H3,(H3,15,16). The molecule has 3 N–H and O–H groups in total. The van der Waals surface area contributed by atoms with Crippen molar-refractivity contribution in [1.29, 1.82) is 5.41 Å². The highest BCUT2D eigenvalue weighted by atomic mass is 32.1. The van der Waals surface area contributed by atoms with Gasteiger partial charge in [0, 0.05) is 26.6 Å². The van der Waals surface area contributed by atoms with Gasteiger partial charge in [0.15, 0.2) is 0 Å². The van der Waals surface area contributed by atoms with Crippen LogP contribution in [0.4, 0.5) is 0 Å². The van der Waals surface area contributed by atoms with Crippen LogP contribution < -0.4 is 5.73 Å². The lowest BCUT2D eigenvalue weighted by Crippen LogP contribution is -2.35. The minimum absolute atomic E-state index is 0.0902. The Morgan fingerprint density at radius 2 is 2.40 bits per heavy atom. The molecular weight excluding hydrogens is 272 g/mol. The van der Waals surface area contributed by atoms with Crippen molar-refractivity contribution in [3.05, 3.63) is 15.6 Å². The fourth-order valence-corrected chi connectivity index (χ4v) is 3.61. The number of rotatable bonds is 6. The summed E-state index contributed by atoms with van der Waals surface area (Å²) in [5, 5.41) is 8.66. The molecule has 0 aliphatic carbocycles. The Labute approximate surface area is 124 Å². The Bertz CT molecular complexity index is 460. The fourth-order valence-electron chi connectivity index (χ4n) is 2.70. The summed E-state index contributed by atoms with van der Waals surface area (Å²) in [6, 6.07) is 0. The van der Waals surface area contributed by atoms with Gasteiger partial charge in [-0.15, -0.1) is 11.3 Å². The fraction of sp³-hybridized carbons (Fsp3) is 0.714. The van der Waals surface area contributed by atoms with E-state index in [4.69, 9.17) is 15.9 Å². The summed E-state index contributed by atoms with van der Waals surface area (Å²) in [6.45, 7) is 6.17. The number of methoxy groups -OCH3 is 1. The van der Waals surface area contributed by atoms with Crippen LogP contribution in [0, 0.1) is 11.3 Å². The zero-order valence-electron chi connectivity index (χ0n) is 12.3. The molecule has 2 heterocycles. The van der Waals surface area contributed by atoms with Gasteiger partial charge in [0.25, 0.3) is 0 Å². The quantitative estimate of drug-likeness (QED) is 0.620. The van der Waals surface area contributed by atoms with Gasteiger partial charge in [0.05, 0.1) is 22.2 Å². The number of amidine groups is 1. The minimum Gasteiger partial charge on any atom is -0.383 e. The van der Waals surface area contributed by atoms with E-state index in [0.717, 1.165) is 34.5 Å². The lowest BCUT2D eigenvalue weighted by molar-refractivity contribution is 0.180. The SMILES string of the molecule is COCc1nc(CCN2CCCC(C)C2)sc1C(=N)N. The number of nitrogens with two attached hydrogens (primary N) is 1. The van der Waals surface area contributed by atoms with E-state index in [9.17, 15) is 0 Å². The highest BCUT2D eigenvalue weighted by Gasteiger charge is 2.18. The van der Waals surface area contributed by atoms with Crippen LogP contribution >= 0.6 is 11.3 Å². The smallest absolute Gasteiger partial charge is 0.135 e. The van der Waals surface area contributed by atoms with Crippen molar-refractivity contribution in [2.45, 2.75) is 32.8 Å². The van der Waals surface area contributed by atoms with Gasteiger partial charge in [-0.25, -0.2) is 4.98 Å². The summed E-state index contributed by atoms with van der Waals surface area (Å²) in [7, 11) is 1.64. The number of nitrogens with zero attached hydrogens (tertiary/aromatic N) is 2. The minimum atomic E-state index is 0.0902. The summed E-state index contributed by atoms with van der Waals surface area (Å²) >= 11 is 1.53. The van der Waals surface area contributed by atoms with Crippen molar-refractivity contribution >= 4 is 17.2 Å². The third-order valence-corrected chi connectivity index (χ3v) is 4.84. The Morgan fingerprint density at radius 1 is 1.60 bits per heavy atom. The molecule has 6 heteroatoms. The lowest BCUT2D eigenvalue weighted by atomic mass is 10.0. The van der Waals surface area contributed by atoms with Crippen molar-refractivity contribution in [2.24, 2.45) is 11.7 Å². The van der Waals surface area contributed by atoms with E-state index >= 15 is 0 Å². The zero-order valence-corrected chi connectivity index (χ0v) is 13.1. The maximum atomic E-state index is 7.60. The van der Waals surface area contributed by atoms with Crippen molar-refractivity contribution in [3.8, 4) is 0 Å². The monoisotopic (exact) mass is 296 g/mol. The Kier molecular flexibility index (Phi) is 5.51. The maximum absolute atomic E-state index is 7.60. The van der Waals surface area contributed by atoms with Crippen molar-refractivity contribution in [1.82, 2.24) is 9.88 Å². The molecule has 20 heavy (non-hydrogen) atoms. The van der Waals surface area contributed by atoms with Crippen molar-refractivity contribution in [2.75, 3.05) is 26.7 Å². The van der Waals surface area contributed by atoms with E-state index < -0.39 is 0 Å². The van der Waals surface area contributed by atoms with E-state index in [-0.39, 0.29) is 5.84 Å². The van der Waals surface area contributed by atoms with E-state index in [2.05, 4.69) is 16.8 Å². The molecule has 1 saturated heterocycles. The van der Waals surface area contributed by atoms with Crippen LogP contribution in [0.15, 0.2) is 0 Å². The van der Waals surface area contributed by atoms with E-state index in [0.29, 0.717) is 6.61 Å². The topological polar surface area (TPSA) is 75.2 Å². The first kappa shape index (κ1) is 15.4. The first-order valence-corrected chi connectivity index (χ1v) is 7.96. The summed E-state index contributed by atoms with van der Waals surface area (Å²) in [5.74, 6) is 0.893. The van der Waals surface area contributed by atoms with Crippen LogP contribution in [-0.4, -0.2) is 42.5 Å². The molecule has 1 aliphatic rings. The molecule has 5 nitrogen and oxygen atoms in total. The second-order valence-electron chi connectivity index (χ2n) is 5.53. The molecule has 2 rings (SSSR count). The summed E-state index contributed by atoms with van der Waals surface area (Å²) in [6.07, 6.45) is 3.58. The Hall–Kier alpha value is -0.980. The van der Waals surface area contributed by atoms with Crippen molar-refractivity contribution < 1.29 is 4.74 Å². The summed E-state index contributed by atoms with van der Waals surface area (Å²) in [5.41, 5.74) is 6.40. The third-order valence-electron chi connectivity index (χ3n) is 3.65. The normalized spacial score (nSPS) is 20.2. The molecule has 1 fully saturated rings. The van der Waals surface area contributed by atoms with E-state index in [1.807, 2.05) is 0 Å². The maximum Gasteiger partial charge on any atom is 0.135 e. The summed E-state index contributed by atoms with van der Waals surface area (Å²) < 4.78 is 5.12. The second-order valence-corrected chi connectivity index (χ2v) is 6.61. The van der Waals surface area contributed by atoms with Crippen LogP contribution in [0.1, 0.15) is 35.3 Å². The molecule has 1 aromatic rings. The number of piperidine rings is 1. The predicted molar refractivity (Wildman–Crippen MR) is 82.4 cm³/mol. The lowest BCUT2D eigenvalue weighted by Gasteiger charge is -2.30. The Morgan fingerprint density at radius 3 is 3.05 bits per heavy atom. The average Bonchev–Trinajstić information content (AvgIpc) is 2.80. The first-order chi connectivity index (χ1) is 9.60. The number of nitrogens with one attached hydrogen (secondary N) is 1. The molecule has 0 spiro atoms. The Balaban J connectivity index is 1.95. The number of thiazole rings is 1. The van der Waals surface area contributed by atoms with Gasteiger partial charge in [-0.1, -0.05) is 6.92 Å². The molecule has 1 atom stereocenters. The molecule has 0 amide bonds. The van der Waals surface area contributed by atoms with Gasteiger partial charge >= 0.3 is 0 Å². The van der Waals surface area contributed by atoms with Crippen LogP contribution in [0.2, 0.25) is 0 Å². The number of likely N-dealkylation sites (tertiary alicyclic amines) is 1. The van der Waals surface area contributed by atoms with Gasteiger partial charge in [-0.3, -0.25) is 5.41 Å². The van der Waals surface area contributed by atoms with Crippen LogP contribution in [-0.2, 0) is 17.8 Å². The number of hydrogen-bond donors (Lipinski definition) is 2. The number of hydrogen-bond acceptors (Lipinski definition) is 5. The molecule has 1 aliphatic heterocycles. The molecule has 0 bridgehead atoms. The van der Waals surface area contributed by atoms with Gasteiger partial charge in [-0.2, -0.15) is 0 Å². The summed E-state index contributed by atoms with van der Waals surface area (Å²) in [4.78, 5) is 7.84. The van der Waals surface area contributed by atoms with Gasteiger partial charge in [-0.05, 0) is 25.3 Å². The van der Waals surface area contributed by atoms with Crippen LogP contribution in [0.5, 0.6) is 0 Å². The van der Waals surface area contributed by atoms with Crippen LogP contribution in [0.25, 0.3) is 0 Å². The molecule has 1 unspecified atom stereocenters. The highest BCUT2D eigenvalue weighted by molar-refractivity contribution is 7.13. The largest absolute Gasteiger partial charge is 0.383 e. The van der Waals surface area contributed by atoms with E-state index in [1.165, 1.54) is 37.3 Å². The number of nitrogen functional groups attached to an aromatic ring is 1. The number of aromatic nitrogens is 1. The third kappa shape index (κ3) is 4.01. The highest BCUT2D eigenvalue weighted by Crippen LogP contribution is 2.21. The zero-order chi connectivity index (χ0) is 14.5. The average molecular weight is 296 g/mol. The molecule has 1 aromatic heterocycles. The second kappa shape index (κ2) is 7.15. The molecule has 0 aromatic carbocycles. The number of ether oxygens (including phenoxy) is 1. The molecule has 112 valence electrons. The van der Waals surface area contributed by atoms with Gasteiger partial charge in [0.2, 0.25) is 0 Å². The van der Waals surface area contributed by atoms with Crippen molar-refractivity contribution in [3.63, 3.8) is 0 Å². The molecule has 0 saturated carbocycles.